The maximum atomic E-state index is 6.20. The quantitative estimate of drug-likeness (QED) is 0.816. The number of pyridine rings is 1. The van der Waals surface area contributed by atoms with Crippen molar-refractivity contribution in [2.24, 2.45) is 11.3 Å². The van der Waals surface area contributed by atoms with Crippen LogP contribution in [-0.2, 0) is 11.3 Å². The summed E-state index contributed by atoms with van der Waals surface area (Å²) in [5, 5.41) is 0. The van der Waals surface area contributed by atoms with Crippen LogP contribution in [0.25, 0.3) is 0 Å². The van der Waals surface area contributed by atoms with Crippen LogP contribution >= 0.6 is 0 Å². The predicted octanol–water partition coefficient (Wildman–Crippen LogP) is 4.22. The van der Waals surface area contributed by atoms with Gasteiger partial charge in [0.15, 0.2) is 11.5 Å². The number of rotatable bonds is 5. The fourth-order valence-electron chi connectivity index (χ4n) is 3.25. The van der Waals surface area contributed by atoms with E-state index in [2.05, 4.69) is 25.8 Å². The molecule has 1 aliphatic carbocycles. The van der Waals surface area contributed by atoms with Crippen LogP contribution in [0.2, 0.25) is 0 Å². The summed E-state index contributed by atoms with van der Waals surface area (Å²) in [6.45, 7) is 7.43. The zero-order chi connectivity index (χ0) is 16.2. The SMILES string of the molecule is COCc1nccc(O[C@H]2CC[C@@H](C(C)(C)C)CC2)c1OC. The molecule has 1 aromatic heterocycles. The van der Waals surface area contributed by atoms with E-state index in [0.717, 1.165) is 30.2 Å². The monoisotopic (exact) mass is 307 g/mol. The van der Waals surface area contributed by atoms with E-state index in [-0.39, 0.29) is 6.10 Å². The van der Waals surface area contributed by atoms with Gasteiger partial charge in [0.1, 0.15) is 5.69 Å². The molecule has 0 radical (unpaired) electrons. The van der Waals surface area contributed by atoms with Crippen molar-refractivity contribution in [3.8, 4) is 11.5 Å². The first-order valence-corrected chi connectivity index (χ1v) is 8.13. The number of aromatic nitrogens is 1. The van der Waals surface area contributed by atoms with Gasteiger partial charge in [-0.3, -0.25) is 4.98 Å². The van der Waals surface area contributed by atoms with Crippen LogP contribution < -0.4 is 9.47 Å². The molecule has 4 nitrogen and oxygen atoms in total. The minimum absolute atomic E-state index is 0.269. The second-order valence-electron chi connectivity index (χ2n) is 7.18. The Bertz CT molecular complexity index is 474. The Kier molecular flexibility index (Phi) is 5.68. The molecule has 0 amide bonds. The van der Waals surface area contributed by atoms with E-state index in [4.69, 9.17) is 14.2 Å². The van der Waals surface area contributed by atoms with Crippen LogP contribution in [0.15, 0.2) is 12.3 Å². The lowest BCUT2D eigenvalue weighted by Crippen LogP contribution is -2.30. The molecule has 0 N–H and O–H groups in total. The van der Waals surface area contributed by atoms with Crippen molar-refractivity contribution in [1.29, 1.82) is 0 Å². The third-order valence-corrected chi connectivity index (χ3v) is 4.62. The fraction of sp³-hybridized carbons (Fsp3) is 0.722. The second-order valence-corrected chi connectivity index (χ2v) is 7.18. The summed E-state index contributed by atoms with van der Waals surface area (Å²) < 4.78 is 16.9. The second kappa shape index (κ2) is 7.32. The van der Waals surface area contributed by atoms with Gasteiger partial charge in [0.05, 0.1) is 19.8 Å². The van der Waals surface area contributed by atoms with Crippen LogP contribution in [0.4, 0.5) is 0 Å². The molecular weight excluding hydrogens is 278 g/mol. The molecule has 0 bridgehead atoms. The van der Waals surface area contributed by atoms with Crippen LogP contribution in [-0.4, -0.2) is 25.3 Å². The molecule has 124 valence electrons. The molecule has 0 aromatic carbocycles. The Hall–Kier alpha value is -1.29. The summed E-state index contributed by atoms with van der Waals surface area (Å²) in [6.07, 6.45) is 6.69. The van der Waals surface area contributed by atoms with Crippen LogP contribution in [0.5, 0.6) is 11.5 Å². The summed E-state index contributed by atoms with van der Waals surface area (Å²) in [6, 6.07) is 1.88. The molecule has 0 saturated heterocycles. The first-order chi connectivity index (χ1) is 10.5. The molecule has 2 rings (SSSR count). The molecule has 0 atom stereocenters. The molecular formula is C18H29NO3. The van der Waals surface area contributed by atoms with Gasteiger partial charge in [0, 0.05) is 19.4 Å². The van der Waals surface area contributed by atoms with Crippen LogP contribution in [0, 0.1) is 11.3 Å². The lowest BCUT2D eigenvalue weighted by atomic mass is 9.72. The normalized spacial score (nSPS) is 22.4. The standard InChI is InChI=1S/C18H29NO3/c1-18(2,3)13-6-8-14(9-7-13)22-16-10-11-19-15(12-20-4)17(16)21-5/h10-11,13-14H,6-9,12H2,1-5H3/t13-,14+. The zero-order valence-corrected chi connectivity index (χ0v) is 14.5. The number of hydrogen-bond acceptors (Lipinski definition) is 4. The third-order valence-electron chi connectivity index (χ3n) is 4.62. The van der Waals surface area contributed by atoms with Gasteiger partial charge in [-0.25, -0.2) is 0 Å². The van der Waals surface area contributed by atoms with E-state index >= 15 is 0 Å². The van der Waals surface area contributed by atoms with Crippen molar-refractivity contribution < 1.29 is 14.2 Å². The molecule has 1 fully saturated rings. The largest absolute Gasteiger partial charge is 0.491 e. The molecule has 1 aromatic rings. The van der Waals surface area contributed by atoms with Crippen molar-refractivity contribution in [1.82, 2.24) is 4.98 Å². The van der Waals surface area contributed by atoms with Crippen molar-refractivity contribution >= 4 is 0 Å². The minimum atomic E-state index is 0.269. The van der Waals surface area contributed by atoms with Gasteiger partial charge in [0.2, 0.25) is 0 Å². The van der Waals surface area contributed by atoms with Gasteiger partial charge in [-0.15, -0.1) is 0 Å². The summed E-state index contributed by atoms with van der Waals surface area (Å²) in [5.41, 5.74) is 1.18. The maximum Gasteiger partial charge on any atom is 0.184 e. The molecule has 0 aliphatic heterocycles. The molecule has 1 aliphatic rings. The van der Waals surface area contributed by atoms with E-state index in [0.29, 0.717) is 17.8 Å². The first-order valence-electron chi connectivity index (χ1n) is 8.13. The molecule has 22 heavy (non-hydrogen) atoms. The van der Waals surface area contributed by atoms with E-state index in [1.165, 1.54) is 12.8 Å². The highest BCUT2D eigenvalue weighted by molar-refractivity contribution is 5.42. The summed E-state index contributed by atoms with van der Waals surface area (Å²) >= 11 is 0. The summed E-state index contributed by atoms with van der Waals surface area (Å²) in [4.78, 5) is 4.31. The molecule has 4 heteroatoms. The predicted molar refractivity (Wildman–Crippen MR) is 87.3 cm³/mol. The minimum Gasteiger partial charge on any atom is -0.491 e. The Balaban J connectivity index is 2.02. The number of methoxy groups -OCH3 is 2. The van der Waals surface area contributed by atoms with E-state index in [1.54, 1.807) is 20.4 Å². The lowest BCUT2D eigenvalue weighted by Gasteiger charge is -2.37. The zero-order valence-electron chi connectivity index (χ0n) is 14.5. The average molecular weight is 307 g/mol. The Morgan fingerprint density at radius 3 is 2.36 bits per heavy atom. The highest BCUT2D eigenvalue weighted by Gasteiger charge is 2.30. The highest BCUT2D eigenvalue weighted by Crippen LogP contribution is 2.40. The fourth-order valence-corrected chi connectivity index (χ4v) is 3.25. The number of hydrogen-bond donors (Lipinski definition) is 0. The van der Waals surface area contributed by atoms with Crippen LogP contribution in [0.1, 0.15) is 52.1 Å². The topological polar surface area (TPSA) is 40.6 Å². The van der Waals surface area contributed by atoms with Gasteiger partial charge >= 0.3 is 0 Å². The van der Waals surface area contributed by atoms with Crippen LogP contribution in [0.3, 0.4) is 0 Å². The van der Waals surface area contributed by atoms with Crippen molar-refractivity contribution in [3.05, 3.63) is 18.0 Å². The average Bonchev–Trinajstić information content (AvgIpc) is 2.47. The van der Waals surface area contributed by atoms with Gasteiger partial charge in [0.25, 0.3) is 0 Å². The maximum absolute atomic E-state index is 6.20. The van der Waals surface area contributed by atoms with Gasteiger partial charge in [-0.1, -0.05) is 20.8 Å². The van der Waals surface area contributed by atoms with E-state index in [9.17, 15) is 0 Å². The molecule has 0 unspecified atom stereocenters. The Labute approximate surface area is 134 Å². The molecule has 0 spiro atoms. The third kappa shape index (κ3) is 4.13. The smallest absolute Gasteiger partial charge is 0.184 e. The van der Waals surface area contributed by atoms with Crippen molar-refractivity contribution in [3.63, 3.8) is 0 Å². The van der Waals surface area contributed by atoms with Gasteiger partial charge in [-0.05, 0) is 37.0 Å². The van der Waals surface area contributed by atoms with Gasteiger partial charge in [-0.2, -0.15) is 0 Å². The first kappa shape index (κ1) is 17.1. The molecule has 1 saturated carbocycles. The number of ether oxygens (including phenoxy) is 3. The summed E-state index contributed by atoms with van der Waals surface area (Å²) in [5.74, 6) is 2.27. The van der Waals surface area contributed by atoms with E-state index < -0.39 is 0 Å². The Morgan fingerprint density at radius 1 is 1.14 bits per heavy atom. The van der Waals surface area contributed by atoms with E-state index in [1.807, 2.05) is 6.07 Å². The highest BCUT2D eigenvalue weighted by atomic mass is 16.5. The van der Waals surface area contributed by atoms with Crippen molar-refractivity contribution in [2.75, 3.05) is 14.2 Å². The number of nitrogens with zero attached hydrogens (tertiary/aromatic N) is 1. The lowest BCUT2D eigenvalue weighted by molar-refractivity contribution is 0.0855. The van der Waals surface area contributed by atoms with Gasteiger partial charge < -0.3 is 14.2 Å². The summed E-state index contributed by atoms with van der Waals surface area (Å²) in [7, 11) is 3.31. The Morgan fingerprint density at radius 2 is 1.82 bits per heavy atom. The molecule has 1 heterocycles. The van der Waals surface area contributed by atoms with Crippen molar-refractivity contribution in [2.45, 2.75) is 59.2 Å².